The third-order valence-electron chi connectivity index (χ3n) is 6.57. The molecule has 0 unspecified atom stereocenters. The van der Waals surface area contributed by atoms with Crippen molar-refractivity contribution in [2.45, 2.75) is 44.6 Å². The number of rotatable bonds is 5. The van der Waals surface area contributed by atoms with E-state index in [1.165, 1.54) is 29.3 Å². The fourth-order valence-corrected chi connectivity index (χ4v) is 4.73. The van der Waals surface area contributed by atoms with Gasteiger partial charge in [-0.1, -0.05) is 19.3 Å². The highest BCUT2D eigenvalue weighted by atomic mass is 19.1. The van der Waals surface area contributed by atoms with Gasteiger partial charge in [-0.25, -0.2) is 9.37 Å². The van der Waals surface area contributed by atoms with Crippen LogP contribution in [0.3, 0.4) is 0 Å². The lowest BCUT2D eigenvalue weighted by atomic mass is 9.87. The molecule has 3 aromatic heterocycles. The molecule has 1 aliphatic carbocycles. The molecule has 4 heterocycles. The molecule has 10 nitrogen and oxygen atoms in total. The summed E-state index contributed by atoms with van der Waals surface area (Å²) in [6.45, 7) is 1.41. The van der Waals surface area contributed by atoms with Crippen molar-refractivity contribution in [2.24, 2.45) is 0 Å². The van der Waals surface area contributed by atoms with Crippen molar-refractivity contribution >= 4 is 23.3 Å². The molecular formula is C24H27FN6O4. The van der Waals surface area contributed by atoms with Gasteiger partial charge in [-0.15, -0.1) is 0 Å². The second kappa shape index (κ2) is 9.95. The average molecular weight is 483 g/mol. The van der Waals surface area contributed by atoms with Crippen LogP contribution in [0.15, 0.2) is 35.4 Å². The predicted molar refractivity (Wildman–Crippen MR) is 125 cm³/mol. The number of nitrogens with one attached hydrogen (secondary N) is 1. The summed E-state index contributed by atoms with van der Waals surface area (Å²) in [6.07, 6.45) is 7.83. The Kier molecular flexibility index (Phi) is 6.58. The van der Waals surface area contributed by atoms with Gasteiger partial charge in [-0.2, -0.15) is 9.61 Å². The van der Waals surface area contributed by atoms with E-state index in [9.17, 15) is 18.8 Å². The highest BCUT2D eigenvalue weighted by molar-refractivity contribution is 5.94. The zero-order valence-electron chi connectivity index (χ0n) is 19.3. The van der Waals surface area contributed by atoms with Crippen molar-refractivity contribution in [3.05, 3.63) is 58.0 Å². The number of pyridine rings is 1. The van der Waals surface area contributed by atoms with Crippen LogP contribution in [0, 0.1) is 5.82 Å². The number of carbonyl (C=O) groups is 2. The average Bonchev–Trinajstić information content (AvgIpc) is 3.34. The minimum atomic E-state index is -0.508. The second-order valence-electron chi connectivity index (χ2n) is 8.96. The molecule has 184 valence electrons. The van der Waals surface area contributed by atoms with Gasteiger partial charge in [0.15, 0.2) is 0 Å². The van der Waals surface area contributed by atoms with Gasteiger partial charge >= 0.3 is 0 Å². The minimum absolute atomic E-state index is 0.0506. The molecule has 1 saturated heterocycles. The predicted octanol–water partition coefficient (Wildman–Crippen LogP) is 2.19. The number of anilines is 1. The Bertz CT molecular complexity index is 1290. The van der Waals surface area contributed by atoms with Gasteiger partial charge in [-0.05, 0) is 25.0 Å². The molecule has 1 N–H and O–H groups in total. The van der Waals surface area contributed by atoms with Crippen LogP contribution < -0.4 is 10.9 Å². The summed E-state index contributed by atoms with van der Waals surface area (Å²) in [5.41, 5.74) is 0.684. The van der Waals surface area contributed by atoms with Crippen LogP contribution in [-0.4, -0.2) is 62.2 Å². The quantitative estimate of drug-likeness (QED) is 0.597. The lowest BCUT2D eigenvalue weighted by Crippen LogP contribution is -2.43. The molecule has 0 bridgehead atoms. The number of morpholine rings is 1. The maximum absolute atomic E-state index is 13.3. The molecule has 0 spiro atoms. The SMILES string of the molecule is O=C(Cn1cc(C(=O)N2CCOCC2)c(=O)n2nc(C3CCCCC3)cc12)Nc1ccc(F)cn1. The van der Waals surface area contributed by atoms with E-state index in [4.69, 9.17) is 4.74 Å². The molecule has 2 fully saturated rings. The van der Waals surface area contributed by atoms with Crippen LogP contribution in [-0.2, 0) is 16.1 Å². The van der Waals surface area contributed by atoms with Crippen LogP contribution in [0.25, 0.3) is 5.65 Å². The Morgan fingerprint density at radius 3 is 2.63 bits per heavy atom. The van der Waals surface area contributed by atoms with Crippen LogP contribution in [0.2, 0.25) is 0 Å². The van der Waals surface area contributed by atoms with Crippen molar-refractivity contribution < 1.29 is 18.7 Å². The summed E-state index contributed by atoms with van der Waals surface area (Å²) in [5, 5.41) is 7.21. The fraction of sp³-hybridized carbons (Fsp3) is 0.458. The third-order valence-corrected chi connectivity index (χ3v) is 6.57. The number of fused-ring (bicyclic) bond motifs is 1. The van der Waals surface area contributed by atoms with E-state index in [1.807, 2.05) is 6.07 Å². The summed E-state index contributed by atoms with van der Waals surface area (Å²) in [6, 6.07) is 4.40. The molecule has 3 aromatic rings. The van der Waals surface area contributed by atoms with E-state index in [-0.39, 0.29) is 23.8 Å². The zero-order chi connectivity index (χ0) is 24.4. The number of amides is 2. The number of nitrogens with zero attached hydrogens (tertiary/aromatic N) is 5. The minimum Gasteiger partial charge on any atom is -0.378 e. The molecule has 1 saturated carbocycles. The molecule has 0 radical (unpaired) electrons. The van der Waals surface area contributed by atoms with Gasteiger partial charge in [0.2, 0.25) is 5.91 Å². The first kappa shape index (κ1) is 23.2. The Morgan fingerprint density at radius 2 is 1.91 bits per heavy atom. The van der Waals surface area contributed by atoms with Gasteiger partial charge in [0.25, 0.3) is 11.5 Å². The highest BCUT2D eigenvalue weighted by Crippen LogP contribution is 2.32. The highest BCUT2D eigenvalue weighted by Gasteiger charge is 2.26. The molecule has 0 atom stereocenters. The summed E-state index contributed by atoms with van der Waals surface area (Å²) in [4.78, 5) is 44.8. The summed E-state index contributed by atoms with van der Waals surface area (Å²) in [7, 11) is 0. The maximum atomic E-state index is 13.3. The van der Waals surface area contributed by atoms with E-state index >= 15 is 0 Å². The van der Waals surface area contributed by atoms with Gasteiger partial charge in [0.1, 0.15) is 29.4 Å². The van der Waals surface area contributed by atoms with E-state index in [0.29, 0.717) is 32.0 Å². The first-order valence-corrected chi connectivity index (χ1v) is 11.9. The number of aromatic nitrogens is 4. The van der Waals surface area contributed by atoms with E-state index < -0.39 is 23.2 Å². The first-order chi connectivity index (χ1) is 17.0. The van der Waals surface area contributed by atoms with Gasteiger partial charge in [-0.3, -0.25) is 14.4 Å². The van der Waals surface area contributed by atoms with Crippen LogP contribution in [0.5, 0.6) is 0 Å². The Labute approximate surface area is 200 Å². The summed E-state index contributed by atoms with van der Waals surface area (Å²) >= 11 is 0. The van der Waals surface area contributed by atoms with E-state index in [2.05, 4.69) is 15.4 Å². The lowest BCUT2D eigenvalue weighted by Gasteiger charge is -2.26. The topological polar surface area (TPSA) is 111 Å². The van der Waals surface area contributed by atoms with Crippen molar-refractivity contribution in [2.75, 3.05) is 31.6 Å². The fourth-order valence-electron chi connectivity index (χ4n) is 4.73. The van der Waals surface area contributed by atoms with Gasteiger partial charge in [0, 0.05) is 31.3 Å². The second-order valence-corrected chi connectivity index (χ2v) is 8.96. The molecule has 1 aliphatic heterocycles. The Morgan fingerprint density at radius 1 is 1.14 bits per heavy atom. The third kappa shape index (κ3) is 4.95. The first-order valence-electron chi connectivity index (χ1n) is 11.9. The van der Waals surface area contributed by atoms with Crippen molar-refractivity contribution in [3.63, 3.8) is 0 Å². The number of halogens is 1. The van der Waals surface area contributed by atoms with Crippen molar-refractivity contribution in [1.82, 2.24) is 24.1 Å². The van der Waals surface area contributed by atoms with Crippen LogP contribution >= 0.6 is 0 Å². The molecule has 2 aliphatic rings. The van der Waals surface area contributed by atoms with Crippen LogP contribution in [0.1, 0.15) is 54.1 Å². The number of carbonyl (C=O) groups excluding carboxylic acids is 2. The molecule has 11 heteroatoms. The number of hydrogen-bond donors (Lipinski definition) is 1. The Hall–Kier alpha value is -3.60. The molecule has 35 heavy (non-hydrogen) atoms. The number of ether oxygens (including phenoxy) is 1. The normalized spacial score (nSPS) is 17.0. The van der Waals surface area contributed by atoms with Crippen molar-refractivity contribution in [1.29, 1.82) is 0 Å². The monoisotopic (exact) mass is 482 g/mol. The smallest absolute Gasteiger partial charge is 0.287 e. The Balaban J connectivity index is 1.51. The van der Waals surface area contributed by atoms with E-state index in [1.54, 1.807) is 9.47 Å². The largest absolute Gasteiger partial charge is 0.378 e. The standard InChI is InChI=1S/C24H27FN6O4/c25-17-6-7-20(26-13-17)27-21(32)15-30-14-18(23(33)29-8-10-35-11-9-29)24(34)31-22(30)12-19(28-31)16-4-2-1-3-5-16/h6-7,12-14,16H,1-5,8-11,15H2,(H,26,27,32). The van der Waals surface area contributed by atoms with Gasteiger partial charge < -0.3 is 19.5 Å². The molecule has 5 rings (SSSR count). The molecule has 0 aromatic carbocycles. The van der Waals surface area contributed by atoms with Crippen molar-refractivity contribution in [3.8, 4) is 0 Å². The molecular weight excluding hydrogens is 455 g/mol. The summed E-state index contributed by atoms with van der Waals surface area (Å²) < 4.78 is 21.3. The lowest BCUT2D eigenvalue weighted by molar-refractivity contribution is -0.116. The maximum Gasteiger partial charge on any atom is 0.287 e. The zero-order valence-corrected chi connectivity index (χ0v) is 19.3. The summed E-state index contributed by atoms with van der Waals surface area (Å²) in [5.74, 6) is -0.906. The van der Waals surface area contributed by atoms with Crippen LogP contribution in [0.4, 0.5) is 10.2 Å². The molecule has 2 amide bonds. The van der Waals surface area contributed by atoms with Gasteiger partial charge in [0.05, 0.1) is 25.1 Å². The number of hydrogen-bond acceptors (Lipinski definition) is 6. The van der Waals surface area contributed by atoms with E-state index in [0.717, 1.165) is 37.6 Å².